The number of nitrogens with zero attached hydrogens (tertiary/aromatic N) is 11. The normalized spacial score (nSPS) is 14.8. The van der Waals surface area contributed by atoms with E-state index in [1.54, 1.807) is 39.8 Å². The zero-order chi connectivity index (χ0) is 45.3. The average molecular weight is 897 g/mol. The van der Waals surface area contributed by atoms with E-state index in [2.05, 4.69) is 46.0 Å². The van der Waals surface area contributed by atoms with Gasteiger partial charge in [0.2, 0.25) is 11.9 Å². The summed E-state index contributed by atoms with van der Waals surface area (Å²) in [5, 5.41) is 18.3. The molecule has 0 bridgehead atoms. The Bertz CT molecular complexity index is 3070. The minimum Gasteiger partial charge on any atom is -0.493 e. The van der Waals surface area contributed by atoms with Gasteiger partial charge in [0.05, 0.1) is 47.1 Å². The van der Waals surface area contributed by atoms with Gasteiger partial charge in [-0.2, -0.15) is 10.2 Å². The van der Waals surface area contributed by atoms with Gasteiger partial charge in [-0.15, -0.1) is 0 Å². The molecule has 0 unspecified atom stereocenters. The van der Waals surface area contributed by atoms with E-state index >= 15 is 0 Å². The van der Waals surface area contributed by atoms with Gasteiger partial charge in [-0.1, -0.05) is 0 Å². The number of hydrogen-bond acceptors (Lipinski definition) is 13. The number of fused-ring (bicyclic) bond motifs is 4. The number of carbonyl (C=O) groups is 1. The van der Waals surface area contributed by atoms with Crippen LogP contribution in [-0.4, -0.2) is 98.9 Å². The summed E-state index contributed by atoms with van der Waals surface area (Å²) in [6.07, 6.45) is 13.6. The molecule has 340 valence electrons. The van der Waals surface area contributed by atoms with Gasteiger partial charge in [-0.25, -0.2) is 28.7 Å². The number of benzene rings is 2. The second-order valence-electron chi connectivity index (χ2n) is 16.7. The number of aldehydes is 1. The van der Waals surface area contributed by atoms with Crippen LogP contribution in [0, 0.1) is 18.6 Å². The molecule has 2 saturated heterocycles. The van der Waals surface area contributed by atoms with E-state index in [0.29, 0.717) is 61.1 Å². The highest BCUT2D eigenvalue weighted by Crippen LogP contribution is 2.33. The number of carbonyl (C=O) groups excluding carboxylic acids is 1. The third kappa shape index (κ3) is 8.42. The number of aromatic nitrogens is 10. The van der Waals surface area contributed by atoms with E-state index in [1.165, 1.54) is 38.1 Å². The van der Waals surface area contributed by atoms with Crippen LogP contribution in [0.15, 0.2) is 67.4 Å². The molecule has 17 nitrogen and oxygen atoms in total. The molecule has 6 aromatic heterocycles. The highest BCUT2D eigenvalue weighted by Gasteiger charge is 2.24. The van der Waals surface area contributed by atoms with Crippen LogP contribution in [0.25, 0.3) is 33.8 Å². The van der Waals surface area contributed by atoms with Gasteiger partial charge in [0.25, 0.3) is 0 Å². The lowest BCUT2D eigenvalue weighted by Crippen LogP contribution is -2.36. The van der Waals surface area contributed by atoms with Gasteiger partial charge in [-0.05, 0) is 82.3 Å². The fraction of sp³-hybridized carbons (Fsp3) is 0.340. The smallest absolute Gasteiger partial charge is 0.208 e. The Hall–Kier alpha value is -7.25. The number of anilines is 2. The van der Waals surface area contributed by atoms with Crippen molar-refractivity contribution in [2.24, 2.45) is 14.1 Å². The fourth-order valence-electron chi connectivity index (χ4n) is 8.57. The van der Waals surface area contributed by atoms with Crippen molar-refractivity contribution in [2.45, 2.75) is 52.2 Å². The SMILES string of the molecule is C1CNC1.Cc1cc(-c2cnc(NCc3c(F)ccc4c3CCO4)n3cc(C=O)nc23)n(C)n1.Cn1nccc1-c1cnc(NCc2c(F)ccc3c2CCO3)n2cc(CN3CCC3)nc12. The minimum absolute atomic E-state index is 0.228. The first-order chi connectivity index (χ1) is 32.2. The topological polar surface area (TPSA) is 171 Å². The van der Waals surface area contributed by atoms with Crippen LogP contribution >= 0.6 is 0 Å². The van der Waals surface area contributed by atoms with Crippen LogP contribution < -0.4 is 25.4 Å². The number of nitrogens with one attached hydrogen (secondary N) is 3. The molecule has 0 atom stereocenters. The molecule has 12 rings (SSSR count). The number of ether oxygens (including phenoxy) is 2. The lowest BCUT2D eigenvalue weighted by atomic mass is 10.0. The third-order valence-electron chi connectivity index (χ3n) is 12.3. The molecule has 8 aromatic rings. The molecule has 19 heteroatoms. The summed E-state index contributed by atoms with van der Waals surface area (Å²) in [7, 11) is 3.75. The molecular formula is C47H50F2N14O3. The van der Waals surface area contributed by atoms with Gasteiger partial charge >= 0.3 is 0 Å². The molecule has 4 aliphatic heterocycles. The van der Waals surface area contributed by atoms with E-state index in [0.717, 1.165) is 88.2 Å². The Balaban J connectivity index is 0.000000143. The van der Waals surface area contributed by atoms with Crippen LogP contribution in [0.2, 0.25) is 0 Å². The Morgan fingerprint density at radius 2 is 1.36 bits per heavy atom. The van der Waals surface area contributed by atoms with Crippen molar-refractivity contribution in [3.05, 3.63) is 118 Å². The maximum absolute atomic E-state index is 14.6. The number of imidazole rings is 2. The molecule has 4 aliphatic rings. The zero-order valence-electron chi connectivity index (χ0n) is 37.0. The first-order valence-corrected chi connectivity index (χ1v) is 22.2. The lowest BCUT2D eigenvalue weighted by molar-refractivity contribution is 0.111. The summed E-state index contributed by atoms with van der Waals surface area (Å²) in [5.41, 5.74) is 9.95. The van der Waals surface area contributed by atoms with E-state index in [4.69, 9.17) is 14.5 Å². The van der Waals surface area contributed by atoms with Crippen molar-refractivity contribution in [2.75, 3.05) is 50.0 Å². The van der Waals surface area contributed by atoms with E-state index in [-0.39, 0.29) is 23.9 Å². The Morgan fingerprint density at radius 1 is 0.773 bits per heavy atom. The Labute approximate surface area is 378 Å². The molecule has 2 aromatic carbocycles. The highest BCUT2D eigenvalue weighted by molar-refractivity contribution is 5.81. The molecular weight excluding hydrogens is 847 g/mol. The van der Waals surface area contributed by atoms with Crippen LogP contribution in [0.4, 0.5) is 20.7 Å². The monoisotopic (exact) mass is 896 g/mol. The highest BCUT2D eigenvalue weighted by atomic mass is 19.1. The van der Waals surface area contributed by atoms with Crippen LogP contribution in [0.5, 0.6) is 11.5 Å². The van der Waals surface area contributed by atoms with Crippen LogP contribution in [0.3, 0.4) is 0 Å². The standard InChI is InChI=1S/C23H24FN7O.C21H19FN6O2.C3H7N/c1-29-20(5-7-27-29)18-12-26-23(31-14-15(28-22(18)31)13-30-8-2-9-30)25-11-17-16-6-10-32-21(16)4-3-19(17)24;1-12-7-18(27(2)26-12)16-9-24-21(28-10-13(11-29)25-20(16)28)23-8-15-14-5-6-30-19(14)4-3-17(15)22;1-2-4-3-1/h3-5,7,12,14H,2,6,8-11,13H2,1H3,(H,25,26);3-4,7,9-11H,5-6,8H2,1-2H3,(H,23,24);4H,1-3H2. The first kappa shape index (κ1) is 42.7. The largest absolute Gasteiger partial charge is 0.493 e. The molecule has 0 spiro atoms. The van der Waals surface area contributed by atoms with Crippen molar-refractivity contribution < 1.29 is 23.0 Å². The van der Waals surface area contributed by atoms with Crippen molar-refractivity contribution in [1.82, 2.24) is 58.5 Å². The molecule has 0 radical (unpaired) electrons. The molecule has 3 N–H and O–H groups in total. The second-order valence-corrected chi connectivity index (χ2v) is 16.7. The predicted octanol–water partition coefficient (Wildman–Crippen LogP) is 5.94. The Kier molecular flexibility index (Phi) is 11.9. The van der Waals surface area contributed by atoms with Gasteiger partial charge in [0.15, 0.2) is 17.6 Å². The number of aryl methyl sites for hydroxylation is 3. The second kappa shape index (κ2) is 18.3. The maximum Gasteiger partial charge on any atom is 0.208 e. The molecule has 0 amide bonds. The average Bonchev–Trinajstić information content (AvgIpc) is 4.14. The van der Waals surface area contributed by atoms with Gasteiger partial charge in [0, 0.05) is 99.8 Å². The molecule has 0 saturated carbocycles. The molecule has 0 aliphatic carbocycles. The van der Waals surface area contributed by atoms with Crippen molar-refractivity contribution in [3.63, 3.8) is 0 Å². The lowest BCUT2D eigenvalue weighted by Gasteiger charge is -2.29. The fourth-order valence-corrected chi connectivity index (χ4v) is 8.57. The summed E-state index contributed by atoms with van der Waals surface area (Å²) in [6, 6.07) is 10.1. The van der Waals surface area contributed by atoms with Crippen LogP contribution in [0.1, 0.15) is 57.0 Å². The Morgan fingerprint density at radius 3 is 1.88 bits per heavy atom. The van der Waals surface area contributed by atoms with E-state index < -0.39 is 0 Å². The number of hydrogen-bond donors (Lipinski definition) is 3. The van der Waals surface area contributed by atoms with E-state index in [9.17, 15) is 13.6 Å². The van der Waals surface area contributed by atoms with Crippen LogP contribution in [-0.2, 0) is 46.6 Å². The van der Waals surface area contributed by atoms with Gasteiger partial charge in [0.1, 0.15) is 28.8 Å². The number of likely N-dealkylation sites (tertiary alicyclic amines) is 1. The first-order valence-electron chi connectivity index (χ1n) is 22.2. The molecule has 2 fully saturated rings. The molecule has 10 heterocycles. The van der Waals surface area contributed by atoms with Gasteiger partial charge < -0.3 is 25.4 Å². The number of halogens is 2. The van der Waals surface area contributed by atoms with Crippen molar-refractivity contribution in [3.8, 4) is 34.0 Å². The summed E-state index contributed by atoms with van der Waals surface area (Å²) in [5.74, 6) is 2.07. The van der Waals surface area contributed by atoms with Gasteiger partial charge in [-0.3, -0.25) is 27.9 Å². The maximum atomic E-state index is 14.6. The van der Waals surface area contributed by atoms with Crippen molar-refractivity contribution >= 4 is 29.5 Å². The predicted molar refractivity (Wildman–Crippen MR) is 244 cm³/mol. The summed E-state index contributed by atoms with van der Waals surface area (Å²) in [4.78, 5) is 32.3. The quantitative estimate of drug-likeness (QED) is 0.131. The number of rotatable bonds is 11. The zero-order valence-corrected chi connectivity index (χ0v) is 37.0. The summed E-state index contributed by atoms with van der Waals surface area (Å²) >= 11 is 0. The third-order valence-corrected chi connectivity index (χ3v) is 12.3. The van der Waals surface area contributed by atoms with E-state index in [1.807, 2.05) is 54.6 Å². The summed E-state index contributed by atoms with van der Waals surface area (Å²) in [6.45, 7) is 9.13. The molecule has 66 heavy (non-hydrogen) atoms. The summed E-state index contributed by atoms with van der Waals surface area (Å²) < 4.78 is 47.4. The van der Waals surface area contributed by atoms with Crippen molar-refractivity contribution in [1.29, 1.82) is 0 Å². The minimum atomic E-state index is -0.288.